The van der Waals surface area contributed by atoms with E-state index in [4.69, 9.17) is 16.1 Å². The third kappa shape index (κ3) is 4.60. The highest BCUT2D eigenvalue weighted by Crippen LogP contribution is 2.31. The number of amides is 1. The molecule has 0 saturated carbocycles. The summed E-state index contributed by atoms with van der Waals surface area (Å²) in [6, 6.07) is 5.34. The van der Waals surface area contributed by atoms with Gasteiger partial charge in [0, 0.05) is 5.69 Å². The molecule has 1 amide bonds. The third-order valence-corrected chi connectivity index (χ3v) is 8.39. The van der Waals surface area contributed by atoms with E-state index in [2.05, 4.69) is 22.4 Å². The Labute approximate surface area is 196 Å². The van der Waals surface area contributed by atoms with Crippen molar-refractivity contribution in [2.75, 3.05) is 10.6 Å². The Bertz CT molecular complexity index is 1280. The minimum atomic E-state index is -4.04. The fourth-order valence-electron chi connectivity index (χ4n) is 3.42. The maximum atomic E-state index is 13.3. The summed E-state index contributed by atoms with van der Waals surface area (Å²) in [5, 5.41) is 9.77. The molecule has 0 fully saturated rings. The van der Waals surface area contributed by atoms with Crippen molar-refractivity contribution in [1.29, 1.82) is 0 Å². The molecule has 2 aromatic heterocycles. The number of halogens is 1. The molecule has 0 spiro atoms. The first kappa shape index (κ1) is 24.0. The maximum Gasteiger partial charge on any atom is 0.267 e. The predicted molar refractivity (Wildman–Crippen MR) is 129 cm³/mol. The molecule has 170 valence electrons. The van der Waals surface area contributed by atoms with Crippen LogP contribution in [0.25, 0.3) is 0 Å². The first-order valence-corrected chi connectivity index (χ1v) is 12.6. The summed E-state index contributed by atoms with van der Waals surface area (Å²) in [5.41, 5.74) is 4.17. The number of carbonyl (C=O) groups is 1. The zero-order valence-corrected chi connectivity index (χ0v) is 20.5. The van der Waals surface area contributed by atoms with Crippen LogP contribution in [0.2, 0.25) is 5.02 Å². The Kier molecular flexibility index (Phi) is 7.12. The lowest BCUT2D eigenvalue weighted by Gasteiger charge is -2.16. The van der Waals surface area contributed by atoms with Crippen molar-refractivity contribution in [2.45, 2.75) is 44.4 Å². The summed E-state index contributed by atoms with van der Waals surface area (Å²) in [6.45, 7) is 11.2. The molecule has 2 heterocycles. The molecule has 32 heavy (non-hydrogen) atoms. The number of nitrogens with zero attached hydrogens (tertiary/aromatic N) is 1. The zero-order valence-electron chi connectivity index (χ0n) is 18.2. The van der Waals surface area contributed by atoms with Gasteiger partial charge >= 0.3 is 0 Å². The molecule has 1 unspecified atom stereocenters. The van der Waals surface area contributed by atoms with Gasteiger partial charge in [-0.2, -0.15) is 0 Å². The zero-order chi connectivity index (χ0) is 23.6. The van der Waals surface area contributed by atoms with Gasteiger partial charge in [0.05, 0.1) is 4.90 Å². The van der Waals surface area contributed by atoms with Crippen LogP contribution < -0.4 is 10.6 Å². The molecule has 0 aliphatic heterocycles. The number of hydrogen-bond acceptors (Lipinski definition) is 7. The Hall–Kier alpha value is -2.62. The second kappa shape index (κ2) is 9.48. The summed E-state index contributed by atoms with van der Waals surface area (Å²) in [6.07, 6.45) is 1.94. The minimum Gasteiger partial charge on any atom is -0.337 e. The molecule has 10 heteroatoms. The minimum absolute atomic E-state index is 0.0155. The number of sulfone groups is 1. The number of anilines is 2. The van der Waals surface area contributed by atoms with Crippen molar-refractivity contribution < 1.29 is 17.7 Å². The lowest BCUT2D eigenvalue weighted by Crippen LogP contribution is -2.29. The van der Waals surface area contributed by atoms with Gasteiger partial charge in [0.2, 0.25) is 15.7 Å². The van der Waals surface area contributed by atoms with Gasteiger partial charge in [0.1, 0.15) is 15.6 Å². The van der Waals surface area contributed by atoms with E-state index in [0.717, 1.165) is 34.4 Å². The number of aromatic nitrogens is 1. The highest BCUT2D eigenvalue weighted by Gasteiger charge is 2.32. The second-order valence-electron chi connectivity index (χ2n) is 7.29. The van der Waals surface area contributed by atoms with Gasteiger partial charge in [0.15, 0.2) is 5.37 Å². The number of aryl methyl sites for hydroxylation is 3. The van der Waals surface area contributed by atoms with E-state index >= 15 is 0 Å². The van der Waals surface area contributed by atoms with E-state index in [1.165, 1.54) is 12.1 Å². The van der Waals surface area contributed by atoms with Gasteiger partial charge in [-0.15, -0.1) is 11.3 Å². The molecule has 0 saturated heterocycles. The third-order valence-electron chi connectivity index (χ3n) is 4.97. The van der Waals surface area contributed by atoms with Crippen LogP contribution in [-0.4, -0.2) is 24.9 Å². The van der Waals surface area contributed by atoms with E-state index in [1.54, 1.807) is 12.3 Å². The summed E-state index contributed by atoms with van der Waals surface area (Å²) in [5.74, 6) is -0.476. The number of nitrogens with one attached hydrogen (secondary N) is 2. The highest BCUT2D eigenvalue weighted by atomic mass is 35.5. The summed E-state index contributed by atoms with van der Waals surface area (Å²) >= 11 is 7.15. The van der Waals surface area contributed by atoms with Gasteiger partial charge in [-0.05, 0) is 61.4 Å². The molecule has 7 nitrogen and oxygen atoms in total. The molecule has 2 N–H and O–H groups in total. The molecular weight excluding hydrogens is 470 g/mol. The molecule has 0 aliphatic rings. The molecule has 0 bridgehead atoms. The van der Waals surface area contributed by atoms with Crippen LogP contribution in [0.4, 0.5) is 11.6 Å². The average Bonchev–Trinajstić information content (AvgIpc) is 3.34. The highest BCUT2D eigenvalue weighted by molar-refractivity contribution is 7.92. The first-order valence-electron chi connectivity index (χ1n) is 9.83. The van der Waals surface area contributed by atoms with Gasteiger partial charge in [0.25, 0.3) is 5.91 Å². The van der Waals surface area contributed by atoms with Crippen molar-refractivity contribution in [2.24, 2.45) is 0 Å². The van der Waals surface area contributed by atoms with Crippen molar-refractivity contribution in [3.63, 3.8) is 0 Å². The molecule has 1 atom stereocenters. The van der Waals surface area contributed by atoms with Gasteiger partial charge in [-0.1, -0.05) is 42.4 Å². The number of rotatable bonds is 8. The van der Waals surface area contributed by atoms with E-state index in [1.807, 2.05) is 32.9 Å². The Morgan fingerprint density at radius 2 is 2.06 bits per heavy atom. The number of hydrogen-bond donors (Lipinski definition) is 2. The number of carbonyl (C=O) groups excluding carboxylic acids is 1. The second-order valence-corrected chi connectivity index (χ2v) is 10.6. The van der Waals surface area contributed by atoms with Crippen molar-refractivity contribution >= 4 is 50.3 Å². The van der Waals surface area contributed by atoms with E-state index in [0.29, 0.717) is 11.4 Å². The Morgan fingerprint density at radius 1 is 1.34 bits per heavy atom. The van der Waals surface area contributed by atoms with E-state index < -0.39 is 21.1 Å². The number of benzene rings is 1. The quantitative estimate of drug-likeness (QED) is 0.400. The standard InChI is InChI=1S/C22H24ClN3O4S2/c1-6-15-13(4)10-12(3)11-16(15)24-21(27)20-17(8-9-31-20)32(28,29)18(7-2)25-22-19(23)14(5)26-30-22/h7-11,18,25H,2,6H2,1,3-5H3,(H,24,27). The molecule has 0 radical (unpaired) electrons. The topological polar surface area (TPSA) is 101 Å². The van der Waals surface area contributed by atoms with Crippen LogP contribution in [0.15, 0.2) is 45.7 Å². The van der Waals surface area contributed by atoms with Gasteiger partial charge in [-0.3, -0.25) is 4.79 Å². The van der Waals surface area contributed by atoms with E-state index in [9.17, 15) is 13.2 Å². The molecule has 3 rings (SSSR count). The monoisotopic (exact) mass is 493 g/mol. The Morgan fingerprint density at radius 3 is 2.66 bits per heavy atom. The molecular formula is C22H24ClN3O4S2. The van der Waals surface area contributed by atoms with Crippen LogP contribution in [0.1, 0.15) is 39.0 Å². The Balaban J connectivity index is 1.93. The molecule has 3 aromatic rings. The summed E-state index contributed by atoms with van der Waals surface area (Å²) < 4.78 is 31.8. The fraction of sp³-hybridized carbons (Fsp3) is 0.273. The van der Waals surface area contributed by atoms with E-state index in [-0.39, 0.29) is 20.7 Å². The van der Waals surface area contributed by atoms with Crippen molar-refractivity contribution in [1.82, 2.24) is 5.16 Å². The van der Waals surface area contributed by atoms with Crippen LogP contribution in [0, 0.1) is 20.8 Å². The van der Waals surface area contributed by atoms with Crippen molar-refractivity contribution in [3.8, 4) is 0 Å². The summed E-state index contributed by atoms with van der Waals surface area (Å²) in [4.78, 5) is 13.1. The van der Waals surface area contributed by atoms with Gasteiger partial charge < -0.3 is 15.2 Å². The molecule has 0 aliphatic carbocycles. The van der Waals surface area contributed by atoms with Crippen LogP contribution in [-0.2, 0) is 16.3 Å². The largest absolute Gasteiger partial charge is 0.337 e. The fourth-order valence-corrected chi connectivity index (χ4v) is 6.20. The lowest BCUT2D eigenvalue weighted by atomic mass is 10.0. The normalized spacial score (nSPS) is 12.4. The van der Waals surface area contributed by atoms with Crippen LogP contribution in [0.5, 0.6) is 0 Å². The van der Waals surface area contributed by atoms with Crippen LogP contribution in [0.3, 0.4) is 0 Å². The SMILES string of the molecule is C=CC(Nc1onc(C)c1Cl)S(=O)(=O)c1ccsc1C(=O)Nc1cc(C)cc(C)c1CC. The number of thiophene rings is 1. The summed E-state index contributed by atoms with van der Waals surface area (Å²) in [7, 11) is -4.04. The van der Waals surface area contributed by atoms with Crippen molar-refractivity contribution in [3.05, 3.63) is 68.5 Å². The predicted octanol–water partition coefficient (Wildman–Crippen LogP) is 5.53. The first-order chi connectivity index (χ1) is 15.1. The van der Waals surface area contributed by atoms with Crippen LogP contribution >= 0.6 is 22.9 Å². The lowest BCUT2D eigenvalue weighted by molar-refractivity contribution is 0.102. The van der Waals surface area contributed by atoms with Gasteiger partial charge in [-0.25, -0.2) is 8.42 Å². The smallest absolute Gasteiger partial charge is 0.267 e. The average molecular weight is 494 g/mol. The molecule has 1 aromatic carbocycles. The maximum absolute atomic E-state index is 13.3.